The van der Waals surface area contributed by atoms with Gasteiger partial charge in [0.15, 0.2) is 0 Å². The van der Waals surface area contributed by atoms with Gasteiger partial charge in [-0.15, -0.1) is 0 Å². The normalized spacial score (nSPS) is 10.5. The summed E-state index contributed by atoms with van der Waals surface area (Å²) in [4.78, 5) is 30.6. The number of hydrogen-bond donors (Lipinski definition) is 1. The monoisotopic (exact) mass is 429 g/mol. The molecular weight excluding hydrogens is 402 g/mol. The molecule has 0 aliphatic heterocycles. The van der Waals surface area contributed by atoms with E-state index in [9.17, 15) is 9.59 Å². The van der Waals surface area contributed by atoms with Crippen molar-refractivity contribution in [1.29, 1.82) is 5.26 Å². The minimum atomic E-state index is -0.400. The van der Waals surface area contributed by atoms with Crippen molar-refractivity contribution in [1.82, 2.24) is 9.88 Å². The van der Waals surface area contributed by atoms with Crippen LogP contribution in [0.2, 0.25) is 0 Å². The first-order chi connectivity index (χ1) is 15.3. The van der Waals surface area contributed by atoms with E-state index in [2.05, 4.69) is 11.1 Å². The molecule has 164 valence electrons. The Labute approximate surface area is 188 Å². The van der Waals surface area contributed by atoms with E-state index in [4.69, 9.17) is 10.00 Å². The molecule has 2 aromatic carbocycles. The summed E-state index contributed by atoms with van der Waals surface area (Å²) in [5.74, 6) is -0.546. The fourth-order valence-corrected chi connectivity index (χ4v) is 3.61. The highest BCUT2D eigenvalue weighted by atomic mass is 16.5. The number of rotatable bonds is 7. The summed E-state index contributed by atoms with van der Waals surface area (Å²) in [5.41, 5.74) is 6.08. The van der Waals surface area contributed by atoms with Crippen molar-refractivity contribution < 1.29 is 14.3 Å². The maximum Gasteiger partial charge on any atom is 0.355 e. The van der Waals surface area contributed by atoms with Crippen LogP contribution < -0.4 is 0 Å². The van der Waals surface area contributed by atoms with Crippen molar-refractivity contribution in [3.63, 3.8) is 0 Å². The van der Waals surface area contributed by atoms with Crippen LogP contribution in [0, 0.1) is 32.1 Å². The molecule has 1 amide bonds. The Morgan fingerprint density at radius 1 is 1.00 bits per heavy atom. The molecule has 1 aromatic heterocycles. The third-order valence-corrected chi connectivity index (χ3v) is 5.46. The van der Waals surface area contributed by atoms with Gasteiger partial charge in [-0.25, -0.2) is 4.79 Å². The molecule has 0 fully saturated rings. The number of aryl methyl sites for hydroxylation is 2. The molecule has 0 saturated heterocycles. The van der Waals surface area contributed by atoms with Crippen LogP contribution in [0.15, 0.2) is 48.5 Å². The van der Waals surface area contributed by atoms with Gasteiger partial charge in [-0.1, -0.05) is 29.8 Å². The van der Waals surface area contributed by atoms with Crippen molar-refractivity contribution in [3.05, 3.63) is 93.3 Å². The molecule has 0 aliphatic carbocycles. The summed E-state index contributed by atoms with van der Waals surface area (Å²) in [5, 5.41) is 9.05. The molecule has 3 aromatic rings. The highest BCUT2D eigenvalue weighted by Gasteiger charge is 2.23. The van der Waals surface area contributed by atoms with E-state index in [-0.39, 0.29) is 5.91 Å². The molecular formula is C26H27N3O3. The average Bonchev–Trinajstić information content (AvgIpc) is 3.08. The lowest BCUT2D eigenvalue weighted by Crippen LogP contribution is -2.30. The lowest BCUT2D eigenvalue weighted by Gasteiger charge is -2.24. The first-order valence-electron chi connectivity index (χ1n) is 10.5. The first-order valence-corrected chi connectivity index (χ1v) is 10.5. The van der Waals surface area contributed by atoms with Crippen LogP contribution in [0.25, 0.3) is 0 Å². The fourth-order valence-electron chi connectivity index (χ4n) is 3.61. The zero-order valence-electron chi connectivity index (χ0n) is 18.9. The zero-order valence-corrected chi connectivity index (χ0v) is 18.9. The van der Waals surface area contributed by atoms with E-state index in [0.717, 1.165) is 27.9 Å². The number of amides is 1. The molecule has 0 saturated carbocycles. The van der Waals surface area contributed by atoms with Crippen molar-refractivity contribution in [2.24, 2.45) is 0 Å². The summed E-state index contributed by atoms with van der Waals surface area (Å²) in [6.45, 7) is 8.58. The topological polar surface area (TPSA) is 86.2 Å². The summed E-state index contributed by atoms with van der Waals surface area (Å²) < 4.78 is 5.15. The van der Waals surface area contributed by atoms with Gasteiger partial charge in [0, 0.05) is 24.3 Å². The minimum Gasteiger partial charge on any atom is -0.461 e. The molecule has 1 N–H and O–H groups in total. The number of aromatic nitrogens is 1. The van der Waals surface area contributed by atoms with Gasteiger partial charge in [0.25, 0.3) is 5.91 Å². The molecule has 3 rings (SSSR count). The fraction of sp³-hybridized carbons (Fsp3) is 0.269. The van der Waals surface area contributed by atoms with Crippen molar-refractivity contribution >= 4 is 11.9 Å². The van der Waals surface area contributed by atoms with Gasteiger partial charge in [-0.2, -0.15) is 5.26 Å². The van der Waals surface area contributed by atoms with E-state index < -0.39 is 5.97 Å². The molecule has 6 nitrogen and oxygen atoms in total. The number of nitrogens with zero attached hydrogens (tertiary/aromatic N) is 2. The van der Waals surface area contributed by atoms with Crippen LogP contribution in [-0.4, -0.2) is 28.4 Å². The number of carbonyl (C=O) groups excluding carboxylic acids is 2. The zero-order chi connectivity index (χ0) is 23.3. The summed E-state index contributed by atoms with van der Waals surface area (Å²) in [6, 6.07) is 16.8. The third kappa shape index (κ3) is 5.06. The Bertz CT molecular complexity index is 1150. The number of nitrogens with one attached hydrogen (secondary N) is 1. The van der Waals surface area contributed by atoms with Gasteiger partial charge in [0.05, 0.1) is 18.2 Å². The number of nitriles is 1. The quantitative estimate of drug-likeness (QED) is 0.545. The predicted octanol–water partition coefficient (Wildman–Crippen LogP) is 4.83. The average molecular weight is 430 g/mol. The van der Waals surface area contributed by atoms with Crippen molar-refractivity contribution in [2.45, 2.75) is 40.8 Å². The smallest absolute Gasteiger partial charge is 0.355 e. The van der Waals surface area contributed by atoms with Crippen molar-refractivity contribution in [3.8, 4) is 6.07 Å². The Morgan fingerprint density at radius 3 is 2.25 bits per heavy atom. The van der Waals surface area contributed by atoms with Gasteiger partial charge in [-0.05, 0) is 68.7 Å². The van der Waals surface area contributed by atoms with Gasteiger partial charge < -0.3 is 14.6 Å². The van der Waals surface area contributed by atoms with E-state index in [1.165, 1.54) is 0 Å². The van der Waals surface area contributed by atoms with E-state index in [0.29, 0.717) is 36.5 Å². The maximum absolute atomic E-state index is 13.4. The summed E-state index contributed by atoms with van der Waals surface area (Å²) in [7, 11) is 0. The number of ether oxygens (including phenoxy) is 1. The molecule has 0 unspecified atom stereocenters. The number of hydrogen-bond acceptors (Lipinski definition) is 4. The Hall–Kier alpha value is -3.85. The van der Waals surface area contributed by atoms with Crippen LogP contribution in [0.5, 0.6) is 0 Å². The van der Waals surface area contributed by atoms with Crippen LogP contribution in [-0.2, 0) is 17.8 Å². The van der Waals surface area contributed by atoms with Crippen LogP contribution in [0.4, 0.5) is 0 Å². The van der Waals surface area contributed by atoms with Crippen molar-refractivity contribution in [2.75, 3.05) is 6.61 Å². The lowest BCUT2D eigenvalue weighted by atomic mass is 10.1. The summed E-state index contributed by atoms with van der Waals surface area (Å²) >= 11 is 0. The number of aromatic amines is 1. The number of H-pyrrole nitrogens is 1. The van der Waals surface area contributed by atoms with Gasteiger partial charge in [0.1, 0.15) is 5.69 Å². The largest absolute Gasteiger partial charge is 0.461 e. The SMILES string of the molecule is CCOC(=O)c1[nH]c(C)c(CN(Cc2ccc(C)cc2)C(=O)c2ccc(C#N)cc2)c1C. The van der Waals surface area contributed by atoms with Gasteiger partial charge in [-0.3, -0.25) is 4.79 Å². The van der Waals surface area contributed by atoms with Crippen LogP contribution in [0.3, 0.4) is 0 Å². The molecule has 0 bridgehead atoms. The van der Waals surface area contributed by atoms with E-state index in [1.807, 2.05) is 45.0 Å². The lowest BCUT2D eigenvalue weighted by molar-refractivity contribution is 0.0519. The molecule has 0 spiro atoms. The Morgan fingerprint density at radius 2 is 1.66 bits per heavy atom. The van der Waals surface area contributed by atoms with E-state index in [1.54, 1.807) is 36.1 Å². The molecule has 0 radical (unpaired) electrons. The second-order valence-corrected chi connectivity index (χ2v) is 7.78. The van der Waals surface area contributed by atoms with Gasteiger partial charge >= 0.3 is 5.97 Å². The standard InChI is InChI=1S/C26H27N3O3/c1-5-32-26(31)24-18(3)23(19(4)28-24)16-29(15-21-8-6-17(2)7-9-21)25(30)22-12-10-20(14-27)11-13-22/h6-13,28H,5,15-16H2,1-4H3. The highest BCUT2D eigenvalue weighted by molar-refractivity contribution is 5.94. The van der Waals surface area contributed by atoms with E-state index >= 15 is 0 Å². The third-order valence-electron chi connectivity index (χ3n) is 5.46. The Kier molecular flexibility index (Phi) is 7.11. The number of carbonyl (C=O) groups is 2. The molecule has 6 heteroatoms. The van der Waals surface area contributed by atoms with Crippen LogP contribution in [0.1, 0.15) is 61.3 Å². The number of esters is 1. The Balaban J connectivity index is 1.95. The number of benzene rings is 2. The molecule has 0 atom stereocenters. The highest BCUT2D eigenvalue weighted by Crippen LogP contribution is 2.23. The second-order valence-electron chi connectivity index (χ2n) is 7.78. The first kappa shape index (κ1) is 22.8. The maximum atomic E-state index is 13.4. The molecule has 0 aliphatic rings. The van der Waals surface area contributed by atoms with Gasteiger partial charge in [0.2, 0.25) is 0 Å². The second kappa shape index (κ2) is 9.97. The molecule has 1 heterocycles. The van der Waals surface area contributed by atoms with Crippen LogP contribution >= 0.6 is 0 Å². The predicted molar refractivity (Wildman–Crippen MR) is 122 cm³/mol. The minimum absolute atomic E-state index is 0.146. The molecule has 32 heavy (non-hydrogen) atoms. The summed E-state index contributed by atoms with van der Waals surface area (Å²) in [6.07, 6.45) is 0.